The van der Waals surface area contributed by atoms with Gasteiger partial charge in [0, 0.05) is 26.2 Å². The zero-order valence-electron chi connectivity index (χ0n) is 16.1. The minimum atomic E-state index is -0.120. The van der Waals surface area contributed by atoms with E-state index in [-0.39, 0.29) is 24.5 Å². The number of hydrogen-bond donors (Lipinski definition) is 0. The van der Waals surface area contributed by atoms with E-state index in [4.69, 9.17) is 4.74 Å². The van der Waals surface area contributed by atoms with Crippen molar-refractivity contribution >= 4 is 11.8 Å². The van der Waals surface area contributed by atoms with Crippen molar-refractivity contribution < 1.29 is 14.3 Å². The highest BCUT2D eigenvalue weighted by molar-refractivity contribution is 5.95. The van der Waals surface area contributed by atoms with Crippen LogP contribution in [0, 0.1) is 6.92 Å². The fourth-order valence-corrected chi connectivity index (χ4v) is 3.45. The summed E-state index contributed by atoms with van der Waals surface area (Å²) in [5.74, 6) is 0.415. The zero-order chi connectivity index (χ0) is 19.4. The molecule has 2 aromatic rings. The highest BCUT2D eigenvalue weighted by Crippen LogP contribution is 2.35. The van der Waals surface area contributed by atoms with Gasteiger partial charge in [-0.1, -0.05) is 30.3 Å². The number of likely N-dealkylation sites (tertiary alicyclic amines) is 1. The second kappa shape index (κ2) is 8.25. The van der Waals surface area contributed by atoms with Crippen LogP contribution in [0.3, 0.4) is 0 Å². The normalized spacial score (nSPS) is 16.3. The van der Waals surface area contributed by atoms with Gasteiger partial charge in [-0.3, -0.25) is 9.59 Å². The summed E-state index contributed by atoms with van der Waals surface area (Å²) < 4.78 is 5.55. The second-order valence-electron chi connectivity index (χ2n) is 7.12. The Morgan fingerprint density at radius 3 is 2.67 bits per heavy atom. The first-order valence-corrected chi connectivity index (χ1v) is 9.27. The molecular weight excluding hydrogens is 340 g/mol. The maximum absolute atomic E-state index is 13.1. The number of rotatable bonds is 5. The lowest BCUT2D eigenvalue weighted by Gasteiger charge is -2.26. The van der Waals surface area contributed by atoms with E-state index in [0.29, 0.717) is 11.3 Å². The lowest BCUT2D eigenvalue weighted by Crippen LogP contribution is -2.31. The van der Waals surface area contributed by atoms with Crippen LogP contribution >= 0.6 is 0 Å². The predicted molar refractivity (Wildman–Crippen MR) is 105 cm³/mol. The van der Waals surface area contributed by atoms with Gasteiger partial charge in [0.15, 0.2) is 6.61 Å². The van der Waals surface area contributed by atoms with Crippen LogP contribution in [0.25, 0.3) is 0 Å². The molecule has 0 saturated carbocycles. The van der Waals surface area contributed by atoms with Crippen molar-refractivity contribution in [1.82, 2.24) is 9.80 Å². The second-order valence-corrected chi connectivity index (χ2v) is 7.12. The molecule has 1 aliphatic heterocycles. The summed E-state index contributed by atoms with van der Waals surface area (Å²) in [6.07, 6.45) is 1.97. The molecule has 0 aromatic heterocycles. The van der Waals surface area contributed by atoms with Crippen LogP contribution in [0.4, 0.5) is 0 Å². The Balaban J connectivity index is 1.76. The van der Waals surface area contributed by atoms with E-state index in [1.165, 1.54) is 16.0 Å². The molecule has 1 saturated heterocycles. The summed E-state index contributed by atoms with van der Waals surface area (Å²) in [7, 11) is 3.37. The molecule has 1 heterocycles. The third-order valence-corrected chi connectivity index (χ3v) is 5.00. The lowest BCUT2D eigenvalue weighted by atomic mass is 9.99. The number of nitrogens with zero attached hydrogens (tertiary/aromatic N) is 2. The van der Waals surface area contributed by atoms with E-state index in [9.17, 15) is 9.59 Å². The Kier molecular flexibility index (Phi) is 5.79. The van der Waals surface area contributed by atoms with Gasteiger partial charge in [0.25, 0.3) is 11.8 Å². The smallest absolute Gasteiger partial charge is 0.259 e. The molecule has 5 heteroatoms. The Morgan fingerprint density at radius 1 is 1.15 bits per heavy atom. The molecular formula is C22H26N2O3. The molecule has 0 radical (unpaired) electrons. The third kappa shape index (κ3) is 4.30. The van der Waals surface area contributed by atoms with E-state index in [0.717, 1.165) is 19.4 Å². The van der Waals surface area contributed by atoms with Crippen LogP contribution in [-0.4, -0.2) is 48.9 Å². The number of benzene rings is 2. The molecule has 3 rings (SSSR count). The summed E-state index contributed by atoms with van der Waals surface area (Å²) in [5.41, 5.74) is 3.01. The molecule has 1 unspecified atom stereocenters. The number of aryl methyl sites for hydroxylation is 1. The summed E-state index contributed by atoms with van der Waals surface area (Å²) >= 11 is 0. The fraction of sp³-hybridized carbons (Fsp3) is 0.364. The first kappa shape index (κ1) is 19.0. The molecule has 2 amide bonds. The van der Waals surface area contributed by atoms with E-state index in [2.05, 4.69) is 19.1 Å². The standard InChI is InChI=1S/C22H26N2O3/c1-16-8-4-5-11-19(16)20-12-7-13-24(20)22(26)17-9-6-10-18(14-17)27-15-21(25)23(2)3/h4-6,8-11,14,20H,7,12-13,15H2,1-3H3. The average Bonchev–Trinajstić information content (AvgIpc) is 3.15. The van der Waals surface area contributed by atoms with Gasteiger partial charge in [-0.25, -0.2) is 0 Å². The van der Waals surface area contributed by atoms with Crippen LogP contribution in [0.5, 0.6) is 5.75 Å². The topological polar surface area (TPSA) is 49.9 Å². The maximum atomic E-state index is 13.1. The maximum Gasteiger partial charge on any atom is 0.259 e. The van der Waals surface area contributed by atoms with E-state index >= 15 is 0 Å². The van der Waals surface area contributed by atoms with Crippen molar-refractivity contribution in [2.24, 2.45) is 0 Å². The average molecular weight is 366 g/mol. The van der Waals surface area contributed by atoms with Gasteiger partial charge in [-0.05, 0) is 49.1 Å². The first-order chi connectivity index (χ1) is 13.0. The molecule has 1 atom stereocenters. The van der Waals surface area contributed by atoms with E-state index < -0.39 is 0 Å². The van der Waals surface area contributed by atoms with Crippen LogP contribution in [-0.2, 0) is 4.79 Å². The first-order valence-electron chi connectivity index (χ1n) is 9.27. The van der Waals surface area contributed by atoms with Gasteiger partial charge >= 0.3 is 0 Å². The number of carbonyl (C=O) groups excluding carboxylic acids is 2. The SMILES string of the molecule is Cc1ccccc1C1CCCN1C(=O)c1cccc(OCC(=O)N(C)C)c1. The molecule has 27 heavy (non-hydrogen) atoms. The van der Waals surface area contributed by atoms with Crippen LogP contribution in [0.15, 0.2) is 48.5 Å². The van der Waals surface area contributed by atoms with Crippen molar-refractivity contribution in [2.75, 3.05) is 27.2 Å². The van der Waals surface area contributed by atoms with Crippen molar-refractivity contribution in [3.8, 4) is 5.75 Å². The van der Waals surface area contributed by atoms with Crippen molar-refractivity contribution in [2.45, 2.75) is 25.8 Å². The largest absolute Gasteiger partial charge is 0.484 e. The number of amides is 2. The van der Waals surface area contributed by atoms with Gasteiger partial charge in [-0.2, -0.15) is 0 Å². The molecule has 0 aliphatic carbocycles. The number of carbonyl (C=O) groups is 2. The Labute approximate surface area is 160 Å². The monoisotopic (exact) mass is 366 g/mol. The Morgan fingerprint density at radius 2 is 1.93 bits per heavy atom. The summed E-state index contributed by atoms with van der Waals surface area (Å²) in [6, 6.07) is 15.4. The van der Waals surface area contributed by atoms with Crippen molar-refractivity contribution in [1.29, 1.82) is 0 Å². The molecule has 1 fully saturated rings. The third-order valence-electron chi connectivity index (χ3n) is 5.00. The quantitative estimate of drug-likeness (QED) is 0.814. The van der Waals surface area contributed by atoms with Crippen molar-refractivity contribution in [3.05, 3.63) is 65.2 Å². The molecule has 0 bridgehead atoms. The van der Waals surface area contributed by atoms with Crippen LogP contribution < -0.4 is 4.74 Å². The fourth-order valence-electron chi connectivity index (χ4n) is 3.45. The van der Waals surface area contributed by atoms with Gasteiger partial charge in [0.2, 0.25) is 0 Å². The minimum absolute atomic E-state index is 0.00476. The molecule has 5 nitrogen and oxygen atoms in total. The summed E-state index contributed by atoms with van der Waals surface area (Å²) in [4.78, 5) is 28.3. The molecule has 142 valence electrons. The van der Waals surface area contributed by atoms with Crippen LogP contribution in [0.1, 0.15) is 40.4 Å². The summed E-state index contributed by atoms with van der Waals surface area (Å²) in [6.45, 7) is 2.80. The highest BCUT2D eigenvalue weighted by atomic mass is 16.5. The highest BCUT2D eigenvalue weighted by Gasteiger charge is 2.31. The number of hydrogen-bond acceptors (Lipinski definition) is 3. The summed E-state index contributed by atoms with van der Waals surface area (Å²) in [5, 5.41) is 0. The molecule has 0 spiro atoms. The molecule has 2 aromatic carbocycles. The van der Waals surface area contributed by atoms with E-state index in [1.54, 1.807) is 38.4 Å². The molecule has 1 aliphatic rings. The predicted octanol–water partition coefficient (Wildman–Crippen LogP) is 3.44. The lowest BCUT2D eigenvalue weighted by molar-refractivity contribution is -0.130. The van der Waals surface area contributed by atoms with Gasteiger partial charge < -0.3 is 14.5 Å². The zero-order valence-corrected chi connectivity index (χ0v) is 16.1. The Bertz CT molecular complexity index is 832. The molecule has 0 N–H and O–H groups in total. The van der Waals surface area contributed by atoms with Crippen LogP contribution in [0.2, 0.25) is 0 Å². The van der Waals surface area contributed by atoms with Gasteiger partial charge in [-0.15, -0.1) is 0 Å². The van der Waals surface area contributed by atoms with Gasteiger partial charge in [0.05, 0.1) is 6.04 Å². The Hall–Kier alpha value is -2.82. The van der Waals surface area contributed by atoms with Crippen molar-refractivity contribution in [3.63, 3.8) is 0 Å². The number of ether oxygens (including phenoxy) is 1. The van der Waals surface area contributed by atoms with E-state index in [1.807, 2.05) is 17.0 Å². The minimum Gasteiger partial charge on any atom is -0.484 e. The van der Waals surface area contributed by atoms with Gasteiger partial charge in [0.1, 0.15) is 5.75 Å². The number of likely N-dealkylation sites (N-methyl/N-ethyl adjacent to an activating group) is 1.